The monoisotopic (exact) mass is 772 g/mol. The molecule has 1 amide bonds. The van der Waals surface area contributed by atoms with Crippen molar-refractivity contribution < 1.29 is 27.3 Å². The molecule has 0 aliphatic carbocycles. The molecule has 1 fully saturated rings. The van der Waals surface area contributed by atoms with E-state index < -0.39 is 31.4 Å². The number of amides is 1. The van der Waals surface area contributed by atoms with Gasteiger partial charge in [0, 0.05) is 73.3 Å². The molecule has 5 aromatic rings. The molecular formula is C37H37FN8O6S2. The second-order valence-electron chi connectivity index (χ2n) is 12.2. The van der Waals surface area contributed by atoms with Crippen LogP contribution in [0.25, 0.3) is 11.1 Å². The van der Waals surface area contributed by atoms with Gasteiger partial charge in [0.2, 0.25) is 0 Å². The lowest BCUT2D eigenvalue weighted by Gasteiger charge is -2.35. The number of rotatable bonds is 15. The highest BCUT2D eigenvalue weighted by Gasteiger charge is 2.25. The number of aromatic nitrogens is 3. The van der Waals surface area contributed by atoms with E-state index in [1.165, 1.54) is 24.3 Å². The fourth-order valence-electron chi connectivity index (χ4n) is 5.79. The predicted molar refractivity (Wildman–Crippen MR) is 204 cm³/mol. The molecule has 54 heavy (non-hydrogen) atoms. The van der Waals surface area contributed by atoms with E-state index in [9.17, 15) is 23.3 Å². The number of nitrogens with zero attached hydrogens (tertiary/aromatic N) is 6. The summed E-state index contributed by atoms with van der Waals surface area (Å²) in [6.07, 6.45) is 3.20. The van der Waals surface area contributed by atoms with E-state index in [2.05, 4.69) is 25.4 Å². The Bertz CT molecular complexity index is 2210. The summed E-state index contributed by atoms with van der Waals surface area (Å²) >= 11 is 1.57. The number of ether oxygens (including phenoxy) is 1. The van der Waals surface area contributed by atoms with E-state index in [0.717, 1.165) is 16.5 Å². The maximum atomic E-state index is 15.1. The van der Waals surface area contributed by atoms with Crippen molar-refractivity contribution in [3.05, 3.63) is 125 Å². The Morgan fingerprint density at radius 1 is 0.981 bits per heavy atom. The zero-order valence-electron chi connectivity index (χ0n) is 29.2. The third-order valence-corrected chi connectivity index (χ3v) is 10.8. The van der Waals surface area contributed by atoms with Crippen molar-refractivity contribution in [2.24, 2.45) is 0 Å². The molecule has 1 saturated heterocycles. The van der Waals surface area contributed by atoms with Crippen LogP contribution in [0, 0.1) is 15.9 Å². The van der Waals surface area contributed by atoms with Crippen LogP contribution in [-0.4, -0.2) is 84.4 Å². The molecule has 0 bridgehead atoms. The second-order valence-corrected chi connectivity index (χ2v) is 15.0. The van der Waals surface area contributed by atoms with Crippen LogP contribution in [-0.2, 0) is 16.6 Å². The van der Waals surface area contributed by atoms with Crippen LogP contribution in [0.3, 0.4) is 0 Å². The molecule has 14 nitrogen and oxygen atoms in total. The van der Waals surface area contributed by atoms with Gasteiger partial charge in [-0.3, -0.25) is 24.8 Å². The van der Waals surface area contributed by atoms with Crippen molar-refractivity contribution in [3.8, 4) is 16.9 Å². The van der Waals surface area contributed by atoms with E-state index in [-0.39, 0.29) is 17.2 Å². The van der Waals surface area contributed by atoms with Gasteiger partial charge in [0.05, 0.1) is 22.6 Å². The van der Waals surface area contributed by atoms with E-state index >= 15 is 4.39 Å². The molecule has 0 radical (unpaired) electrons. The number of hydrogen-bond donors (Lipinski definition) is 2. The van der Waals surface area contributed by atoms with Crippen LogP contribution in [0.5, 0.6) is 5.75 Å². The van der Waals surface area contributed by atoms with Gasteiger partial charge in [-0.15, -0.1) is 22.0 Å². The summed E-state index contributed by atoms with van der Waals surface area (Å²) in [7, 11) is -4.48. The molecule has 3 heterocycles. The summed E-state index contributed by atoms with van der Waals surface area (Å²) in [5.41, 5.74) is 1.39. The minimum Gasteiger partial charge on any atom is -0.492 e. The highest BCUT2D eigenvalue weighted by Crippen LogP contribution is 2.29. The zero-order chi connectivity index (χ0) is 38.1. The maximum absolute atomic E-state index is 15.1. The Morgan fingerprint density at radius 3 is 2.48 bits per heavy atom. The number of thioether (sulfide) groups is 1. The smallest absolute Gasteiger partial charge is 0.293 e. The zero-order valence-corrected chi connectivity index (χ0v) is 30.9. The minimum absolute atomic E-state index is 0.155. The Hall–Kier alpha value is -5.65. The SMILES string of the molecule is CCOc1cncc(-c2ccc(CN3CCN(c4ccc(C(=O)NS(=O)(=O)c5ccc(NCCSc6ccccc6)c([N+](=O)[O-])c5)nn4)CC3)cc2F)c1. The van der Waals surface area contributed by atoms with Crippen LogP contribution >= 0.6 is 11.8 Å². The summed E-state index contributed by atoms with van der Waals surface area (Å²) in [4.78, 5) is 32.9. The summed E-state index contributed by atoms with van der Waals surface area (Å²) < 4.78 is 48.6. The van der Waals surface area contributed by atoms with Crippen LogP contribution in [0.15, 0.2) is 107 Å². The van der Waals surface area contributed by atoms with Crippen molar-refractivity contribution in [1.29, 1.82) is 0 Å². The number of anilines is 2. The van der Waals surface area contributed by atoms with Gasteiger partial charge in [-0.2, -0.15) is 0 Å². The Kier molecular flexibility index (Phi) is 12.3. The molecular weight excluding hydrogens is 736 g/mol. The summed E-state index contributed by atoms with van der Waals surface area (Å²) in [5.74, 6) is 0.338. The van der Waals surface area contributed by atoms with E-state index in [4.69, 9.17) is 4.74 Å². The third-order valence-electron chi connectivity index (χ3n) is 8.49. The molecule has 2 N–H and O–H groups in total. The number of carbonyl (C=O) groups is 1. The summed E-state index contributed by atoms with van der Waals surface area (Å²) in [5, 5.41) is 22.9. The van der Waals surface area contributed by atoms with E-state index in [1.54, 1.807) is 42.4 Å². The lowest BCUT2D eigenvalue weighted by molar-refractivity contribution is -0.384. The van der Waals surface area contributed by atoms with Crippen molar-refractivity contribution in [3.63, 3.8) is 0 Å². The molecule has 280 valence electrons. The van der Waals surface area contributed by atoms with Gasteiger partial charge in [0.25, 0.3) is 21.6 Å². The Labute approximate surface area is 316 Å². The maximum Gasteiger partial charge on any atom is 0.293 e. The predicted octanol–water partition coefficient (Wildman–Crippen LogP) is 5.63. The lowest BCUT2D eigenvalue weighted by atomic mass is 10.0. The first kappa shape index (κ1) is 38.1. The highest BCUT2D eigenvalue weighted by atomic mass is 32.2. The van der Waals surface area contributed by atoms with Crippen LogP contribution in [0.1, 0.15) is 23.0 Å². The topological polar surface area (TPSA) is 173 Å². The highest BCUT2D eigenvalue weighted by molar-refractivity contribution is 7.99. The van der Waals surface area contributed by atoms with E-state index in [1.807, 2.05) is 52.9 Å². The molecule has 2 aromatic heterocycles. The molecule has 1 aliphatic heterocycles. The molecule has 0 unspecified atom stereocenters. The summed E-state index contributed by atoms with van der Waals surface area (Å²) in [6, 6.07) is 23.0. The van der Waals surface area contributed by atoms with Gasteiger partial charge in [-0.25, -0.2) is 17.5 Å². The first-order valence-corrected chi connectivity index (χ1v) is 19.5. The van der Waals surface area contributed by atoms with Gasteiger partial charge in [-0.1, -0.05) is 30.3 Å². The van der Waals surface area contributed by atoms with Gasteiger partial charge in [0.15, 0.2) is 11.5 Å². The number of hydrogen-bond acceptors (Lipinski definition) is 13. The molecule has 0 spiro atoms. The van der Waals surface area contributed by atoms with Gasteiger partial charge in [0.1, 0.15) is 17.3 Å². The number of benzene rings is 3. The number of halogens is 1. The van der Waals surface area contributed by atoms with Crippen LogP contribution < -0.4 is 19.7 Å². The number of carbonyl (C=O) groups excluding carboxylic acids is 1. The minimum atomic E-state index is -4.48. The van der Waals surface area contributed by atoms with Crippen molar-refractivity contribution >= 4 is 44.9 Å². The first-order valence-electron chi connectivity index (χ1n) is 17.0. The number of pyridine rings is 1. The molecule has 17 heteroatoms. The normalized spacial score (nSPS) is 13.3. The third kappa shape index (κ3) is 9.66. The number of nitrogens with one attached hydrogen (secondary N) is 2. The molecule has 3 aromatic carbocycles. The Balaban J connectivity index is 1.00. The van der Waals surface area contributed by atoms with Crippen molar-refractivity contribution in [1.82, 2.24) is 24.8 Å². The van der Waals surface area contributed by atoms with Crippen molar-refractivity contribution in [2.75, 3.05) is 55.3 Å². The average molecular weight is 773 g/mol. The van der Waals surface area contributed by atoms with Gasteiger partial charge in [-0.05, 0) is 61.0 Å². The number of sulfonamides is 1. The van der Waals surface area contributed by atoms with Crippen LogP contribution in [0.4, 0.5) is 21.6 Å². The molecule has 1 aliphatic rings. The number of nitro groups is 1. The van der Waals surface area contributed by atoms with Crippen molar-refractivity contribution in [2.45, 2.75) is 23.3 Å². The summed E-state index contributed by atoms with van der Waals surface area (Å²) in [6.45, 7) is 5.84. The second kappa shape index (κ2) is 17.5. The largest absolute Gasteiger partial charge is 0.492 e. The lowest BCUT2D eigenvalue weighted by Crippen LogP contribution is -2.46. The quantitative estimate of drug-likeness (QED) is 0.0581. The Morgan fingerprint density at radius 2 is 1.78 bits per heavy atom. The first-order chi connectivity index (χ1) is 26.1. The molecule has 0 atom stereocenters. The van der Waals surface area contributed by atoms with E-state index in [0.29, 0.717) is 74.3 Å². The molecule has 6 rings (SSSR count). The van der Waals surface area contributed by atoms with Crippen LogP contribution in [0.2, 0.25) is 0 Å². The fraction of sp³-hybridized carbons (Fsp3) is 0.243. The molecule has 0 saturated carbocycles. The fourth-order valence-corrected chi connectivity index (χ4v) is 7.56. The number of piperazine rings is 1. The van der Waals surface area contributed by atoms with Gasteiger partial charge >= 0.3 is 0 Å². The van der Waals surface area contributed by atoms with Gasteiger partial charge < -0.3 is 15.0 Å². The average Bonchev–Trinajstić information content (AvgIpc) is 3.17. The number of nitro benzene ring substituents is 1. The standard InChI is InChI=1S/C37H37FN8O6S2/c1-2-52-28-21-27(23-39-24-28)31-10-8-26(20-32(31)38)25-44-15-17-45(18-16-44)36-13-12-34(41-42-36)37(47)43-54(50,51)30-9-11-33(35(22-30)46(48)49)40-14-19-53-29-6-4-3-5-7-29/h3-13,20-24,40H,2,14-19,25H2,1H3,(H,43,47).